The van der Waals surface area contributed by atoms with Crippen LogP contribution in [0.4, 0.5) is 11.4 Å². The fourth-order valence-corrected chi connectivity index (χ4v) is 4.49. The zero-order valence-electron chi connectivity index (χ0n) is 19.5. The fourth-order valence-electron chi connectivity index (χ4n) is 3.41. The third-order valence-corrected chi connectivity index (χ3v) is 6.46. The second kappa shape index (κ2) is 11.8. The number of hydrogen-bond donors (Lipinski definition) is 2. The Morgan fingerprint density at radius 2 is 1.83 bits per heavy atom. The Morgan fingerprint density at radius 3 is 2.57 bits per heavy atom. The predicted octanol–water partition coefficient (Wildman–Crippen LogP) is 5.97. The summed E-state index contributed by atoms with van der Waals surface area (Å²) in [4.78, 5) is 12.5. The van der Waals surface area contributed by atoms with Gasteiger partial charge in [0.15, 0.2) is 11.0 Å². The van der Waals surface area contributed by atoms with Gasteiger partial charge in [0.05, 0.1) is 13.7 Å². The maximum atomic E-state index is 12.5. The highest BCUT2D eigenvalue weighted by Gasteiger charge is 2.15. The van der Waals surface area contributed by atoms with E-state index in [9.17, 15) is 4.79 Å². The van der Waals surface area contributed by atoms with E-state index in [0.29, 0.717) is 23.7 Å². The van der Waals surface area contributed by atoms with E-state index in [1.807, 2.05) is 72.2 Å². The lowest BCUT2D eigenvalue weighted by atomic mass is 10.2. The molecule has 4 aromatic rings. The summed E-state index contributed by atoms with van der Waals surface area (Å²) in [5, 5.41) is 16.5. The molecule has 4 rings (SSSR count). The second-order valence-electron chi connectivity index (χ2n) is 7.76. The molecule has 0 spiro atoms. The highest BCUT2D eigenvalue weighted by molar-refractivity contribution is 7.99. The minimum absolute atomic E-state index is 0.0740. The number of para-hydroxylation sites is 1. The summed E-state index contributed by atoms with van der Waals surface area (Å²) in [6.07, 6.45) is 0.331. The van der Waals surface area contributed by atoms with E-state index >= 15 is 0 Å². The summed E-state index contributed by atoms with van der Waals surface area (Å²) in [7, 11) is 1.64. The van der Waals surface area contributed by atoms with Crippen LogP contribution in [-0.2, 0) is 11.3 Å². The summed E-state index contributed by atoms with van der Waals surface area (Å²) < 4.78 is 7.23. The lowest BCUT2D eigenvalue weighted by Crippen LogP contribution is -2.13. The number of carbonyl (C=O) groups excluding carboxylic acids is 1. The number of hydrogen-bond acceptors (Lipinski definition) is 6. The van der Waals surface area contributed by atoms with Gasteiger partial charge in [0.2, 0.25) is 5.91 Å². The molecule has 0 aliphatic carbocycles. The summed E-state index contributed by atoms with van der Waals surface area (Å²) in [5.41, 5.74) is 3.61. The van der Waals surface area contributed by atoms with Crippen LogP contribution in [0.15, 0.2) is 78.0 Å². The molecule has 3 aromatic carbocycles. The van der Waals surface area contributed by atoms with Crippen molar-refractivity contribution >= 4 is 40.6 Å². The number of thioether (sulfide) groups is 1. The third kappa shape index (κ3) is 6.55. The number of aromatic nitrogens is 3. The van der Waals surface area contributed by atoms with E-state index in [0.717, 1.165) is 39.4 Å². The first-order valence-electron chi connectivity index (χ1n) is 11.1. The van der Waals surface area contributed by atoms with Crippen LogP contribution >= 0.6 is 23.4 Å². The van der Waals surface area contributed by atoms with E-state index in [2.05, 4.69) is 20.8 Å². The highest BCUT2D eigenvalue weighted by Crippen LogP contribution is 2.25. The highest BCUT2D eigenvalue weighted by atomic mass is 35.5. The quantitative estimate of drug-likeness (QED) is 0.257. The number of nitrogens with one attached hydrogen (secondary N) is 2. The molecule has 0 radical (unpaired) electrons. The molecule has 0 unspecified atom stereocenters. The molecule has 0 atom stereocenters. The molecule has 0 aliphatic heterocycles. The number of methoxy groups -OCH3 is 1. The van der Waals surface area contributed by atoms with E-state index in [1.54, 1.807) is 19.2 Å². The van der Waals surface area contributed by atoms with Crippen molar-refractivity contribution in [2.75, 3.05) is 23.5 Å². The van der Waals surface area contributed by atoms with Crippen molar-refractivity contribution in [3.63, 3.8) is 0 Å². The molecule has 1 heterocycles. The van der Waals surface area contributed by atoms with E-state index in [-0.39, 0.29) is 5.91 Å². The van der Waals surface area contributed by atoms with Crippen molar-refractivity contribution in [1.29, 1.82) is 0 Å². The summed E-state index contributed by atoms with van der Waals surface area (Å²) in [5.74, 6) is 2.06. The van der Waals surface area contributed by atoms with Crippen LogP contribution in [0.1, 0.15) is 17.8 Å². The molecule has 35 heavy (non-hydrogen) atoms. The first kappa shape index (κ1) is 24.6. The first-order valence-corrected chi connectivity index (χ1v) is 12.5. The van der Waals surface area contributed by atoms with Gasteiger partial charge in [-0.1, -0.05) is 47.6 Å². The Kier molecular flexibility index (Phi) is 8.28. The van der Waals surface area contributed by atoms with Gasteiger partial charge in [0.25, 0.3) is 0 Å². The lowest BCUT2D eigenvalue weighted by molar-refractivity contribution is -0.115. The van der Waals surface area contributed by atoms with Gasteiger partial charge in [0, 0.05) is 34.3 Å². The zero-order valence-corrected chi connectivity index (χ0v) is 21.1. The van der Waals surface area contributed by atoms with Crippen molar-refractivity contribution in [3.05, 3.63) is 89.2 Å². The number of anilines is 2. The molecule has 0 saturated carbocycles. The molecule has 2 N–H and O–H groups in total. The Hall–Kier alpha value is -3.49. The smallest absolute Gasteiger partial charge is 0.225 e. The molecule has 1 aromatic heterocycles. The summed E-state index contributed by atoms with van der Waals surface area (Å²) >= 11 is 7.55. The van der Waals surface area contributed by atoms with Gasteiger partial charge in [-0.15, -0.1) is 10.2 Å². The molecule has 7 nitrogen and oxygen atoms in total. The van der Waals surface area contributed by atoms with Crippen LogP contribution in [0, 0.1) is 6.92 Å². The van der Waals surface area contributed by atoms with E-state index < -0.39 is 0 Å². The number of benzene rings is 3. The van der Waals surface area contributed by atoms with E-state index in [1.165, 1.54) is 11.8 Å². The van der Waals surface area contributed by atoms with Crippen molar-refractivity contribution in [3.8, 4) is 11.4 Å². The normalized spacial score (nSPS) is 10.7. The average molecular weight is 508 g/mol. The minimum Gasteiger partial charge on any atom is -0.497 e. The molecule has 180 valence electrons. The molecule has 0 fully saturated rings. The van der Waals surface area contributed by atoms with E-state index in [4.69, 9.17) is 16.3 Å². The Balaban J connectivity index is 1.42. The monoisotopic (exact) mass is 507 g/mol. The largest absolute Gasteiger partial charge is 0.497 e. The standard InChI is InChI=1S/C26H26ClN5O2S/c1-18-8-9-19(27)16-23(18)29-25(33)14-15-35-26-31-30-24(32(26)21-6-4-3-5-7-21)17-28-20-10-12-22(34-2)13-11-20/h3-13,16,28H,14-15,17H2,1-2H3,(H,29,33). The van der Waals surface area contributed by atoms with Crippen LogP contribution in [-0.4, -0.2) is 33.5 Å². The summed E-state index contributed by atoms with van der Waals surface area (Å²) in [6, 6.07) is 23.1. The predicted molar refractivity (Wildman–Crippen MR) is 142 cm³/mol. The maximum Gasteiger partial charge on any atom is 0.225 e. The maximum absolute atomic E-state index is 12.5. The van der Waals surface area contributed by atoms with Gasteiger partial charge in [0.1, 0.15) is 5.75 Å². The Bertz CT molecular complexity index is 1280. The molecular formula is C26H26ClN5O2S. The third-order valence-electron chi connectivity index (χ3n) is 5.29. The van der Waals surface area contributed by atoms with Gasteiger partial charge in [-0.05, 0) is 61.0 Å². The van der Waals surface area contributed by atoms with Gasteiger partial charge in [-0.3, -0.25) is 9.36 Å². The van der Waals surface area contributed by atoms with Crippen molar-refractivity contribution in [2.45, 2.75) is 25.0 Å². The molecule has 0 aliphatic rings. The van der Waals surface area contributed by atoms with Gasteiger partial charge in [-0.25, -0.2) is 0 Å². The lowest BCUT2D eigenvalue weighted by Gasteiger charge is -2.12. The Morgan fingerprint density at radius 1 is 1.06 bits per heavy atom. The SMILES string of the molecule is COc1ccc(NCc2nnc(SCCC(=O)Nc3cc(Cl)ccc3C)n2-c2ccccc2)cc1. The summed E-state index contributed by atoms with van der Waals surface area (Å²) in [6.45, 7) is 2.42. The topological polar surface area (TPSA) is 81.1 Å². The molecular weight excluding hydrogens is 482 g/mol. The molecule has 1 amide bonds. The van der Waals surface area contributed by atoms with Crippen molar-refractivity contribution in [2.24, 2.45) is 0 Å². The first-order chi connectivity index (χ1) is 17.0. The van der Waals surface area contributed by atoms with Crippen LogP contribution in [0.2, 0.25) is 5.02 Å². The van der Waals surface area contributed by atoms with Gasteiger partial charge < -0.3 is 15.4 Å². The molecule has 9 heteroatoms. The zero-order chi connectivity index (χ0) is 24.6. The number of amides is 1. The second-order valence-corrected chi connectivity index (χ2v) is 9.26. The van der Waals surface area contributed by atoms with Crippen molar-refractivity contribution < 1.29 is 9.53 Å². The number of aryl methyl sites for hydroxylation is 1. The number of carbonyl (C=O) groups is 1. The Labute approximate surface area is 213 Å². The van der Waals surface area contributed by atoms with Crippen molar-refractivity contribution in [1.82, 2.24) is 14.8 Å². The van der Waals surface area contributed by atoms with Gasteiger partial charge >= 0.3 is 0 Å². The molecule has 0 bridgehead atoms. The molecule has 0 saturated heterocycles. The number of halogens is 1. The van der Waals surface area contributed by atoms with Crippen LogP contribution < -0.4 is 15.4 Å². The minimum atomic E-state index is -0.0740. The number of ether oxygens (including phenoxy) is 1. The average Bonchev–Trinajstić information content (AvgIpc) is 3.28. The van der Waals surface area contributed by atoms with Crippen LogP contribution in [0.5, 0.6) is 5.75 Å². The number of rotatable bonds is 10. The van der Waals surface area contributed by atoms with Gasteiger partial charge in [-0.2, -0.15) is 0 Å². The number of nitrogens with zero attached hydrogens (tertiary/aromatic N) is 3. The van der Waals surface area contributed by atoms with Crippen LogP contribution in [0.25, 0.3) is 5.69 Å². The fraction of sp³-hybridized carbons (Fsp3) is 0.192. The van der Waals surface area contributed by atoms with Crippen LogP contribution in [0.3, 0.4) is 0 Å².